The third-order valence-corrected chi connectivity index (χ3v) is 5.82. The number of anilines is 1. The quantitative estimate of drug-likeness (QED) is 0.324. The third kappa shape index (κ3) is 4.01. The number of carbonyl (C=O) groups is 2. The highest BCUT2D eigenvalue weighted by atomic mass is 79.9. The van der Waals surface area contributed by atoms with Crippen LogP contribution in [0.2, 0.25) is 0 Å². The Kier molecular flexibility index (Phi) is 5.69. The van der Waals surface area contributed by atoms with Gasteiger partial charge in [-0.25, -0.2) is 0 Å². The maximum atomic E-state index is 13.0. The molecule has 6 nitrogen and oxygen atoms in total. The summed E-state index contributed by atoms with van der Waals surface area (Å²) in [6.45, 7) is 0.120. The molecule has 31 heavy (non-hydrogen) atoms. The van der Waals surface area contributed by atoms with Crippen LogP contribution in [-0.4, -0.2) is 35.8 Å². The number of aliphatic hydroxyl groups is 1. The molecule has 0 saturated carbocycles. The molecule has 4 rings (SSSR count). The van der Waals surface area contributed by atoms with Crippen molar-refractivity contribution in [3.05, 3.63) is 93.9 Å². The first-order chi connectivity index (χ1) is 14.9. The van der Waals surface area contributed by atoms with E-state index in [0.29, 0.717) is 11.3 Å². The average Bonchev–Trinajstić information content (AvgIpc) is 3.36. The second kappa shape index (κ2) is 8.43. The zero-order chi connectivity index (χ0) is 22.1. The molecular weight excluding hydrogens is 460 g/mol. The van der Waals surface area contributed by atoms with E-state index in [9.17, 15) is 14.7 Å². The van der Waals surface area contributed by atoms with Crippen molar-refractivity contribution in [2.45, 2.75) is 12.6 Å². The summed E-state index contributed by atoms with van der Waals surface area (Å²) >= 11 is 3.37. The van der Waals surface area contributed by atoms with Crippen LogP contribution in [0.1, 0.15) is 22.9 Å². The van der Waals surface area contributed by atoms with Gasteiger partial charge in [-0.15, -0.1) is 0 Å². The highest BCUT2D eigenvalue weighted by Gasteiger charge is 2.46. The Balaban J connectivity index is 1.84. The monoisotopic (exact) mass is 480 g/mol. The molecule has 1 aromatic heterocycles. The van der Waals surface area contributed by atoms with Crippen LogP contribution in [0.25, 0.3) is 5.76 Å². The summed E-state index contributed by atoms with van der Waals surface area (Å²) in [6, 6.07) is 17.3. The Morgan fingerprint density at radius 1 is 1.06 bits per heavy atom. The maximum absolute atomic E-state index is 13.0. The minimum Gasteiger partial charge on any atom is -0.507 e. The molecule has 1 atom stereocenters. The Morgan fingerprint density at radius 3 is 2.32 bits per heavy atom. The fourth-order valence-corrected chi connectivity index (χ4v) is 3.94. The van der Waals surface area contributed by atoms with Gasteiger partial charge in [0.25, 0.3) is 11.7 Å². The second-order valence-electron chi connectivity index (χ2n) is 7.50. The third-order valence-electron chi connectivity index (χ3n) is 5.29. The molecular formula is C24H21BrN2O4. The SMILES string of the molecule is CN(C)c1ccc(C2C(=C(O)c3ccc(Br)cc3)C(=O)C(=O)N2Cc2ccco2)cc1. The Hall–Kier alpha value is -3.32. The Labute approximate surface area is 188 Å². The first kappa shape index (κ1) is 20.9. The van der Waals surface area contributed by atoms with Crippen molar-refractivity contribution in [2.24, 2.45) is 0 Å². The first-order valence-electron chi connectivity index (χ1n) is 9.71. The summed E-state index contributed by atoms with van der Waals surface area (Å²) in [7, 11) is 3.87. The number of nitrogens with zero attached hydrogens (tertiary/aromatic N) is 2. The van der Waals surface area contributed by atoms with E-state index in [1.807, 2.05) is 43.3 Å². The number of hydrogen-bond donors (Lipinski definition) is 1. The summed E-state index contributed by atoms with van der Waals surface area (Å²) in [5.74, 6) is -1.03. The predicted octanol–water partition coefficient (Wildman–Crippen LogP) is 4.73. The molecule has 0 radical (unpaired) electrons. The number of carbonyl (C=O) groups excluding carboxylic acids is 2. The van der Waals surface area contributed by atoms with Crippen molar-refractivity contribution in [1.29, 1.82) is 0 Å². The van der Waals surface area contributed by atoms with Crippen molar-refractivity contribution >= 4 is 39.1 Å². The summed E-state index contributed by atoms with van der Waals surface area (Å²) in [5.41, 5.74) is 2.25. The number of likely N-dealkylation sites (tertiary alicyclic amines) is 1. The minimum atomic E-state index is -0.732. The second-order valence-corrected chi connectivity index (χ2v) is 8.41. The molecule has 2 heterocycles. The molecule has 2 aromatic carbocycles. The first-order valence-corrected chi connectivity index (χ1v) is 10.5. The molecule has 7 heteroatoms. The van der Waals surface area contributed by atoms with Crippen LogP contribution in [-0.2, 0) is 16.1 Å². The van der Waals surface area contributed by atoms with E-state index in [1.54, 1.807) is 36.4 Å². The number of halogens is 1. The number of Topliss-reactive ketones (excluding diaryl/α,β-unsaturated/α-hetero) is 1. The molecule has 0 aliphatic carbocycles. The van der Waals surface area contributed by atoms with E-state index in [1.165, 1.54) is 11.2 Å². The van der Waals surface area contributed by atoms with Gasteiger partial charge < -0.3 is 19.3 Å². The van der Waals surface area contributed by atoms with E-state index < -0.39 is 17.7 Å². The number of amides is 1. The number of hydrogen-bond acceptors (Lipinski definition) is 5. The van der Waals surface area contributed by atoms with Crippen LogP contribution >= 0.6 is 15.9 Å². The zero-order valence-electron chi connectivity index (χ0n) is 17.1. The van der Waals surface area contributed by atoms with Gasteiger partial charge in [0.1, 0.15) is 11.5 Å². The molecule has 1 amide bonds. The van der Waals surface area contributed by atoms with Gasteiger partial charge in [-0.1, -0.05) is 40.2 Å². The van der Waals surface area contributed by atoms with Crippen LogP contribution in [0.15, 0.2) is 81.4 Å². The highest BCUT2D eigenvalue weighted by molar-refractivity contribution is 9.10. The summed E-state index contributed by atoms with van der Waals surface area (Å²) in [5, 5.41) is 11.1. The van der Waals surface area contributed by atoms with Crippen molar-refractivity contribution in [3.63, 3.8) is 0 Å². The zero-order valence-corrected chi connectivity index (χ0v) is 18.7. The van der Waals surface area contributed by atoms with Crippen LogP contribution < -0.4 is 4.90 Å². The van der Waals surface area contributed by atoms with Gasteiger partial charge in [0.05, 0.1) is 24.4 Å². The van der Waals surface area contributed by atoms with Gasteiger partial charge in [0.2, 0.25) is 0 Å². The number of aliphatic hydroxyl groups excluding tert-OH is 1. The molecule has 1 aliphatic heterocycles. The van der Waals surface area contributed by atoms with Crippen LogP contribution in [0.5, 0.6) is 0 Å². The van der Waals surface area contributed by atoms with E-state index in [4.69, 9.17) is 4.42 Å². The topological polar surface area (TPSA) is 74.0 Å². The number of furan rings is 1. The average molecular weight is 481 g/mol. The van der Waals surface area contributed by atoms with E-state index in [-0.39, 0.29) is 17.9 Å². The lowest BCUT2D eigenvalue weighted by molar-refractivity contribution is -0.140. The highest BCUT2D eigenvalue weighted by Crippen LogP contribution is 2.40. The number of benzene rings is 2. The summed E-state index contributed by atoms with van der Waals surface area (Å²) in [6.07, 6.45) is 1.52. The van der Waals surface area contributed by atoms with Crippen molar-refractivity contribution in [2.75, 3.05) is 19.0 Å². The summed E-state index contributed by atoms with van der Waals surface area (Å²) in [4.78, 5) is 29.4. The lowest BCUT2D eigenvalue weighted by Crippen LogP contribution is -2.29. The van der Waals surface area contributed by atoms with Gasteiger partial charge in [-0.2, -0.15) is 0 Å². The molecule has 158 valence electrons. The minimum absolute atomic E-state index is 0.0662. The molecule has 1 fully saturated rings. The van der Waals surface area contributed by atoms with Gasteiger partial charge in [-0.05, 0) is 42.0 Å². The fourth-order valence-electron chi connectivity index (χ4n) is 3.68. The normalized spacial score (nSPS) is 17.9. The molecule has 1 unspecified atom stereocenters. The lowest BCUT2D eigenvalue weighted by atomic mass is 9.95. The Morgan fingerprint density at radius 2 is 1.74 bits per heavy atom. The van der Waals surface area contributed by atoms with Gasteiger partial charge in [0.15, 0.2) is 0 Å². The number of rotatable bonds is 5. The number of ketones is 1. The van der Waals surface area contributed by atoms with Crippen molar-refractivity contribution in [3.8, 4) is 0 Å². The molecule has 1 aliphatic rings. The van der Waals surface area contributed by atoms with E-state index in [0.717, 1.165) is 15.7 Å². The van der Waals surface area contributed by atoms with Crippen LogP contribution in [0, 0.1) is 0 Å². The van der Waals surface area contributed by atoms with Gasteiger partial charge in [-0.3, -0.25) is 9.59 Å². The van der Waals surface area contributed by atoms with E-state index in [2.05, 4.69) is 15.9 Å². The fraction of sp³-hybridized carbons (Fsp3) is 0.167. The molecule has 1 saturated heterocycles. The van der Waals surface area contributed by atoms with Gasteiger partial charge in [0, 0.05) is 29.8 Å². The lowest BCUT2D eigenvalue weighted by Gasteiger charge is -2.25. The summed E-state index contributed by atoms with van der Waals surface area (Å²) < 4.78 is 6.26. The molecule has 1 N–H and O–H groups in total. The Bertz CT molecular complexity index is 1130. The van der Waals surface area contributed by atoms with E-state index >= 15 is 0 Å². The largest absolute Gasteiger partial charge is 0.507 e. The smallest absolute Gasteiger partial charge is 0.296 e. The predicted molar refractivity (Wildman–Crippen MR) is 121 cm³/mol. The molecule has 3 aromatic rings. The van der Waals surface area contributed by atoms with Crippen molar-refractivity contribution in [1.82, 2.24) is 4.90 Å². The molecule has 0 spiro atoms. The molecule has 0 bridgehead atoms. The van der Waals surface area contributed by atoms with Crippen molar-refractivity contribution < 1.29 is 19.1 Å². The van der Waals surface area contributed by atoms with Crippen LogP contribution in [0.3, 0.4) is 0 Å². The maximum Gasteiger partial charge on any atom is 0.296 e. The van der Waals surface area contributed by atoms with Crippen LogP contribution in [0.4, 0.5) is 5.69 Å². The standard InChI is InChI=1S/C24H21BrN2O4/c1-26(2)18-11-7-15(8-12-18)21-20(22(28)16-5-9-17(25)10-6-16)23(29)24(30)27(21)14-19-4-3-13-31-19/h3-13,21,28H,14H2,1-2H3. The van der Waals surface area contributed by atoms with Gasteiger partial charge >= 0.3 is 0 Å².